The Bertz CT molecular complexity index is 1550. The molecule has 0 saturated carbocycles. The van der Waals surface area contributed by atoms with Crippen LogP contribution >= 0.6 is 0 Å². The van der Waals surface area contributed by atoms with Crippen molar-refractivity contribution in [3.63, 3.8) is 0 Å². The first-order valence-corrected chi connectivity index (χ1v) is 12.6. The molecule has 7 nitrogen and oxygen atoms in total. The fourth-order valence-corrected chi connectivity index (χ4v) is 5.85. The molecule has 0 radical (unpaired) electrons. The average molecular weight is 514 g/mol. The van der Waals surface area contributed by atoms with Crippen LogP contribution in [0.2, 0.25) is 0 Å². The number of halogens is 1. The molecule has 2 aliphatic rings. The van der Waals surface area contributed by atoms with Crippen molar-refractivity contribution in [2.45, 2.75) is 24.9 Å². The number of aromatic nitrogens is 1. The van der Waals surface area contributed by atoms with Gasteiger partial charge >= 0.3 is 0 Å². The second kappa shape index (κ2) is 9.52. The van der Waals surface area contributed by atoms with Crippen molar-refractivity contribution >= 4 is 22.7 Å². The fraction of sp³-hybridized carbons (Fsp3) is 0.267. The lowest BCUT2D eigenvalue weighted by Crippen LogP contribution is -2.63. The number of nitrogens with zero attached hydrogens (tertiary/aromatic N) is 2. The Hall–Kier alpha value is -4.33. The number of hydrogen-bond acceptors (Lipinski definition) is 4. The van der Waals surface area contributed by atoms with Gasteiger partial charge in [0.1, 0.15) is 29.4 Å². The molecule has 1 saturated heterocycles. The van der Waals surface area contributed by atoms with E-state index in [-0.39, 0.29) is 30.7 Å². The third-order valence-corrected chi connectivity index (χ3v) is 7.68. The van der Waals surface area contributed by atoms with Crippen molar-refractivity contribution in [3.05, 3.63) is 94.9 Å². The van der Waals surface area contributed by atoms with Gasteiger partial charge in [-0.25, -0.2) is 4.39 Å². The first-order valence-electron chi connectivity index (χ1n) is 12.6. The maximum Gasteiger partial charge on any atom is 0.246 e. The van der Waals surface area contributed by atoms with E-state index in [2.05, 4.69) is 4.98 Å². The normalized spacial score (nSPS) is 18.9. The number of aromatic amines is 1. The lowest BCUT2D eigenvalue weighted by molar-refractivity contribution is -0.158. The quantitative estimate of drug-likeness (QED) is 0.418. The monoisotopic (exact) mass is 513 g/mol. The molecule has 194 valence electrons. The number of carbonyl (C=O) groups is 2. The molecule has 0 bridgehead atoms. The van der Waals surface area contributed by atoms with E-state index in [0.29, 0.717) is 29.9 Å². The zero-order valence-corrected chi connectivity index (χ0v) is 21.2. The number of ether oxygens (including phenoxy) is 2. The predicted octanol–water partition coefficient (Wildman–Crippen LogP) is 4.25. The number of piperazine rings is 1. The minimum atomic E-state index is -0.690. The molecule has 2 atom stereocenters. The van der Waals surface area contributed by atoms with Gasteiger partial charge < -0.3 is 24.3 Å². The first kappa shape index (κ1) is 24.0. The summed E-state index contributed by atoms with van der Waals surface area (Å²) >= 11 is 0. The van der Waals surface area contributed by atoms with Crippen LogP contribution in [0.3, 0.4) is 0 Å². The number of amides is 2. The summed E-state index contributed by atoms with van der Waals surface area (Å²) in [4.78, 5) is 34.5. The first-order chi connectivity index (χ1) is 18.5. The van der Waals surface area contributed by atoms with Crippen LogP contribution in [0.1, 0.15) is 28.4 Å². The predicted molar refractivity (Wildman–Crippen MR) is 141 cm³/mol. The molecule has 4 aromatic rings. The van der Waals surface area contributed by atoms with E-state index in [9.17, 15) is 14.0 Å². The number of nitrogens with one attached hydrogen (secondary N) is 1. The van der Waals surface area contributed by atoms with Crippen LogP contribution in [0.25, 0.3) is 10.9 Å². The van der Waals surface area contributed by atoms with Crippen molar-refractivity contribution in [2.75, 3.05) is 27.3 Å². The zero-order chi connectivity index (χ0) is 26.4. The molecule has 2 aliphatic heterocycles. The number of carbonyl (C=O) groups excluding carboxylic acids is 2. The van der Waals surface area contributed by atoms with Gasteiger partial charge in [-0.2, -0.15) is 0 Å². The summed E-state index contributed by atoms with van der Waals surface area (Å²) in [5.74, 6) is 0.619. The number of H-pyrrole nitrogens is 1. The van der Waals surface area contributed by atoms with Crippen LogP contribution in [0.5, 0.6) is 11.5 Å². The van der Waals surface area contributed by atoms with Crippen LogP contribution in [0.15, 0.2) is 66.7 Å². The molecule has 0 spiro atoms. The summed E-state index contributed by atoms with van der Waals surface area (Å²) in [6, 6.07) is 18.7. The Balaban J connectivity index is 1.44. The summed E-state index contributed by atoms with van der Waals surface area (Å²) in [5.41, 5.74) is 4.09. The van der Waals surface area contributed by atoms with E-state index in [1.165, 1.54) is 6.07 Å². The van der Waals surface area contributed by atoms with Crippen LogP contribution < -0.4 is 9.47 Å². The SMILES string of the molecule is COc1ccc(OC)c(C2c3[nH]c4ccccc4c3CC3C(=O)N(CCc4ccccc4F)CC(=O)N32)c1. The molecular weight excluding hydrogens is 485 g/mol. The number of hydrogen-bond donors (Lipinski definition) is 1. The molecule has 0 aliphatic carbocycles. The summed E-state index contributed by atoms with van der Waals surface area (Å²) < 4.78 is 25.4. The van der Waals surface area contributed by atoms with Gasteiger partial charge in [0.15, 0.2) is 0 Å². The highest BCUT2D eigenvalue weighted by Gasteiger charge is 2.48. The van der Waals surface area contributed by atoms with Gasteiger partial charge in [-0.3, -0.25) is 9.59 Å². The molecular formula is C30H28FN3O4. The van der Waals surface area contributed by atoms with E-state index in [0.717, 1.165) is 27.7 Å². The van der Waals surface area contributed by atoms with Crippen LogP contribution in [-0.2, 0) is 22.4 Å². The van der Waals surface area contributed by atoms with E-state index in [1.807, 2.05) is 42.5 Å². The number of rotatable bonds is 6. The van der Waals surface area contributed by atoms with Crippen molar-refractivity contribution in [2.24, 2.45) is 0 Å². The van der Waals surface area contributed by atoms with E-state index < -0.39 is 12.1 Å². The fourth-order valence-electron chi connectivity index (χ4n) is 5.85. The number of benzene rings is 3. The Morgan fingerprint density at radius 1 is 1.00 bits per heavy atom. The standard InChI is InChI=1S/C30H28FN3O4/c1-37-19-11-12-26(38-2)22(15-19)29-28-21(20-8-4-6-10-24(20)32-28)16-25-30(36)33(17-27(35)34(25)29)14-13-18-7-3-5-9-23(18)31/h3-12,15,25,29,32H,13-14,16-17H2,1-2H3. The highest BCUT2D eigenvalue weighted by molar-refractivity contribution is 5.97. The van der Waals surface area contributed by atoms with E-state index in [1.54, 1.807) is 42.2 Å². The van der Waals surface area contributed by atoms with Gasteiger partial charge in [-0.15, -0.1) is 0 Å². The molecule has 2 unspecified atom stereocenters. The Kier molecular flexibility index (Phi) is 6.02. The zero-order valence-electron chi connectivity index (χ0n) is 21.2. The molecule has 3 aromatic carbocycles. The van der Waals surface area contributed by atoms with Crippen molar-refractivity contribution in [3.8, 4) is 11.5 Å². The lowest BCUT2D eigenvalue weighted by atomic mass is 9.85. The van der Waals surface area contributed by atoms with Gasteiger partial charge in [0.2, 0.25) is 11.8 Å². The number of para-hydroxylation sites is 1. The summed E-state index contributed by atoms with van der Waals surface area (Å²) in [5, 5.41) is 1.03. The highest BCUT2D eigenvalue weighted by Crippen LogP contribution is 2.45. The minimum absolute atomic E-state index is 0.0673. The third kappa shape index (κ3) is 3.88. The van der Waals surface area contributed by atoms with Gasteiger partial charge in [0, 0.05) is 35.1 Å². The summed E-state index contributed by atoms with van der Waals surface area (Å²) in [7, 11) is 3.18. The molecule has 2 amide bonds. The Morgan fingerprint density at radius 2 is 1.79 bits per heavy atom. The van der Waals surface area contributed by atoms with Gasteiger partial charge in [0.05, 0.1) is 20.8 Å². The lowest BCUT2D eigenvalue weighted by Gasteiger charge is -2.47. The second-order valence-corrected chi connectivity index (χ2v) is 9.70. The number of methoxy groups -OCH3 is 2. The smallest absolute Gasteiger partial charge is 0.246 e. The Morgan fingerprint density at radius 3 is 2.58 bits per heavy atom. The van der Waals surface area contributed by atoms with Crippen molar-refractivity contribution < 1.29 is 23.5 Å². The maximum absolute atomic E-state index is 14.2. The largest absolute Gasteiger partial charge is 0.497 e. The van der Waals surface area contributed by atoms with Crippen LogP contribution in [-0.4, -0.2) is 59.9 Å². The molecule has 38 heavy (non-hydrogen) atoms. The molecule has 1 aromatic heterocycles. The Labute approximate surface area is 219 Å². The minimum Gasteiger partial charge on any atom is -0.497 e. The topological polar surface area (TPSA) is 74.9 Å². The van der Waals surface area contributed by atoms with E-state index >= 15 is 0 Å². The number of fused-ring (bicyclic) bond motifs is 4. The summed E-state index contributed by atoms with van der Waals surface area (Å²) in [6.45, 7) is 0.200. The second-order valence-electron chi connectivity index (χ2n) is 9.70. The molecule has 1 fully saturated rings. The van der Waals surface area contributed by atoms with Gasteiger partial charge in [0.25, 0.3) is 0 Å². The third-order valence-electron chi connectivity index (χ3n) is 7.68. The van der Waals surface area contributed by atoms with Crippen LogP contribution in [0.4, 0.5) is 4.39 Å². The maximum atomic E-state index is 14.2. The molecule has 1 N–H and O–H groups in total. The van der Waals surface area contributed by atoms with E-state index in [4.69, 9.17) is 9.47 Å². The van der Waals surface area contributed by atoms with Crippen molar-refractivity contribution in [1.29, 1.82) is 0 Å². The molecule has 6 rings (SSSR count). The highest BCUT2D eigenvalue weighted by atomic mass is 19.1. The summed E-state index contributed by atoms with van der Waals surface area (Å²) in [6.07, 6.45) is 0.729. The van der Waals surface area contributed by atoms with Gasteiger partial charge in [-0.1, -0.05) is 36.4 Å². The van der Waals surface area contributed by atoms with Gasteiger partial charge in [-0.05, 0) is 47.9 Å². The van der Waals surface area contributed by atoms with Crippen LogP contribution in [0, 0.1) is 5.82 Å². The molecule has 3 heterocycles. The van der Waals surface area contributed by atoms with Crippen molar-refractivity contribution in [1.82, 2.24) is 14.8 Å². The molecule has 8 heteroatoms. The average Bonchev–Trinajstić information content (AvgIpc) is 3.32.